The monoisotopic (exact) mass is 382 g/mol. The lowest BCUT2D eigenvalue weighted by molar-refractivity contribution is 0.0953. The van der Waals surface area contributed by atoms with Gasteiger partial charge in [-0.3, -0.25) is 4.79 Å². The molecule has 2 rings (SSSR count). The molecule has 1 amide bonds. The van der Waals surface area contributed by atoms with Gasteiger partial charge in [0.25, 0.3) is 5.91 Å². The van der Waals surface area contributed by atoms with Gasteiger partial charge in [0.1, 0.15) is 6.61 Å². The van der Waals surface area contributed by atoms with Gasteiger partial charge in [-0.1, -0.05) is 29.3 Å². The second kappa shape index (κ2) is 9.51. The van der Waals surface area contributed by atoms with Gasteiger partial charge < -0.3 is 20.1 Å². The van der Waals surface area contributed by atoms with Gasteiger partial charge in [-0.05, 0) is 37.4 Å². The average molecular weight is 383 g/mol. The summed E-state index contributed by atoms with van der Waals surface area (Å²) in [6.07, 6.45) is 0. The molecule has 0 radical (unpaired) electrons. The van der Waals surface area contributed by atoms with E-state index in [0.717, 1.165) is 5.56 Å². The summed E-state index contributed by atoms with van der Waals surface area (Å²) in [6, 6.07) is 10.3. The number of nitrogens with one attached hydrogen (secondary N) is 2. The van der Waals surface area contributed by atoms with Gasteiger partial charge >= 0.3 is 0 Å². The van der Waals surface area contributed by atoms with E-state index in [1.54, 1.807) is 36.4 Å². The van der Waals surface area contributed by atoms with Crippen molar-refractivity contribution in [1.29, 1.82) is 0 Å². The summed E-state index contributed by atoms with van der Waals surface area (Å²) in [5.41, 5.74) is 1.31. The fourth-order valence-corrected chi connectivity index (χ4v) is 2.59. The van der Waals surface area contributed by atoms with Crippen molar-refractivity contribution >= 4 is 29.1 Å². The van der Waals surface area contributed by atoms with Crippen molar-refractivity contribution in [1.82, 2.24) is 10.6 Å². The van der Waals surface area contributed by atoms with Crippen LogP contribution >= 0.6 is 23.2 Å². The van der Waals surface area contributed by atoms with Crippen molar-refractivity contribution in [2.45, 2.75) is 6.61 Å². The molecule has 0 fully saturated rings. The molecule has 0 saturated carbocycles. The van der Waals surface area contributed by atoms with Crippen LogP contribution in [0.3, 0.4) is 0 Å². The van der Waals surface area contributed by atoms with E-state index in [0.29, 0.717) is 40.2 Å². The number of carbonyl (C=O) groups excluding carboxylic acids is 1. The summed E-state index contributed by atoms with van der Waals surface area (Å²) in [4.78, 5) is 12.1. The maximum atomic E-state index is 12.1. The average Bonchev–Trinajstić information content (AvgIpc) is 2.61. The number of benzene rings is 2. The third kappa shape index (κ3) is 5.53. The molecule has 0 aliphatic heterocycles. The van der Waals surface area contributed by atoms with E-state index in [1.165, 1.54) is 7.11 Å². The highest BCUT2D eigenvalue weighted by Gasteiger charge is 2.12. The van der Waals surface area contributed by atoms with Gasteiger partial charge in [0.15, 0.2) is 11.5 Å². The Morgan fingerprint density at radius 2 is 1.88 bits per heavy atom. The van der Waals surface area contributed by atoms with Crippen LogP contribution in [0.2, 0.25) is 10.0 Å². The predicted molar refractivity (Wildman–Crippen MR) is 100 cm³/mol. The van der Waals surface area contributed by atoms with Crippen molar-refractivity contribution in [2.24, 2.45) is 0 Å². The van der Waals surface area contributed by atoms with Crippen molar-refractivity contribution in [3.8, 4) is 11.5 Å². The molecule has 25 heavy (non-hydrogen) atoms. The van der Waals surface area contributed by atoms with Crippen LogP contribution in [-0.4, -0.2) is 33.2 Å². The zero-order valence-electron chi connectivity index (χ0n) is 14.1. The van der Waals surface area contributed by atoms with Crippen molar-refractivity contribution in [3.05, 3.63) is 57.6 Å². The zero-order chi connectivity index (χ0) is 18.2. The van der Waals surface area contributed by atoms with Gasteiger partial charge in [-0.15, -0.1) is 0 Å². The Bertz CT molecular complexity index is 738. The number of methoxy groups -OCH3 is 1. The topological polar surface area (TPSA) is 59.6 Å². The Kier molecular flexibility index (Phi) is 7.37. The first kappa shape index (κ1) is 19.4. The Labute approximate surface area is 157 Å². The molecule has 0 unspecified atom stereocenters. The first-order valence-corrected chi connectivity index (χ1v) is 8.48. The van der Waals surface area contributed by atoms with E-state index < -0.39 is 0 Å². The molecule has 0 aliphatic rings. The van der Waals surface area contributed by atoms with Crippen molar-refractivity contribution in [2.75, 3.05) is 27.2 Å². The molecule has 2 aromatic rings. The van der Waals surface area contributed by atoms with Crippen LogP contribution in [0.15, 0.2) is 36.4 Å². The minimum Gasteiger partial charge on any atom is -0.493 e. The Morgan fingerprint density at radius 3 is 2.56 bits per heavy atom. The summed E-state index contributed by atoms with van der Waals surface area (Å²) in [5, 5.41) is 6.89. The van der Waals surface area contributed by atoms with Crippen LogP contribution in [0.25, 0.3) is 0 Å². The van der Waals surface area contributed by atoms with Gasteiger partial charge in [-0.2, -0.15) is 0 Å². The van der Waals surface area contributed by atoms with Gasteiger partial charge in [0.05, 0.1) is 7.11 Å². The second-order valence-corrected chi connectivity index (χ2v) is 6.09. The molecule has 0 bridgehead atoms. The van der Waals surface area contributed by atoms with Crippen LogP contribution < -0.4 is 20.1 Å². The quantitative estimate of drug-likeness (QED) is 0.685. The number of ether oxygens (including phenoxy) is 2. The molecule has 2 N–H and O–H groups in total. The van der Waals surface area contributed by atoms with Gasteiger partial charge in [0, 0.05) is 34.3 Å². The molecule has 0 atom stereocenters. The highest BCUT2D eigenvalue weighted by Crippen LogP contribution is 2.30. The fraction of sp³-hybridized carbons (Fsp3) is 0.278. The maximum Gasteiger partial charge on any atom is 0.251 e. The minimum atomic E-state index is -0.166. The minimum absolute atomic E-state index is 0.166. The maximum absolute atomic E-state index is 12.1. The SMILES string of the molecule is CNCCNC(=O)c1ccc(OCc2ccc(Cl)cc2Cl)c(OC)c1. The van der Waals surface area contributed by atoms with Gasteiger partial charge in [-0.25, -0.2) is 0 Å². The van der Waals surface area contributed by atoms with E-state index >= 15 is 0 Å². The number of carbonyl (C=O) groups is 1. The first-order valence-electron chi connectivity index (χ1n) is 7.72. The lowest BCUT2D eigenvalue weighted by Gasteiger charge is -2.13. The molecule has 2 aromatic carbocycles. The molecule has 5 nitrogen and oxygen atoms in total. The Balaban J connectivity index is 2.07. The van der Waals surface area contributed by atoms with Crippen LogP contribution in [0, 0.1) is 0 Å². The molecule has 0 aromatic heterocycles. The molecule has 0 saturated heterocycles. The number of rotatable bonds is 8. The van der Waals surface area contributed by atoms with Crippen LogP contribution in [-0.2, 0) is 6.61 Å². The molecule has 7 heteroatoms. The molecule has 0 spiro atoms. The van der Waals surface area contributed by atoms with E-state index in [1.807, 2.05) is 7.05 Å². The summed E-state index contributed by atoms with van der Waals surface area (Å²) < 4.78 is 11.1. The summed E-state index contributed by atoms with van der Waals surface area (Å²) in [7, 11) is 3.36. The predicted octanol–water partition coefficient (Wildman–Crippen LogP) is 3.53. The Morgan fingerprint density at radius 1 is 1.08 bits per heavy atom. The standard InChI is InChI=1S/C18H20Cl2N2O3/c1-21-7-8-22-18(23)12-4-6-16(17(9-12)24-2)25-11-13-3-5-14(19)10-15(13)20/h3-6,9-10,21H,7-8,11H2,1-2H3,(H,22,23). The lowest BCUT2D eigenvalue weighted by atomic mass is 10.2. The van der Waals surface area contributed by atoms with Crippen molar-refractivity contribution in [3.63, 3.8) is 0 Å². The van der Waals surface area contributed by atoms with E-state index in [-0.39, 0.29) is 12.5 Å². The largest absolute Gasteiger partial charge is 0.493 e. The third-order valence-corrected chi connectivity index (χ3v) is 4.07. The lowest BCUT2D eigenvalue weighted by Crippen LogP contribution is -2.30. The highest BCUT2D eigenvalue weighted by molar-refractivity contribution is 6.35. The highest BCUT2D eigenvalue weighted by atomic mass is 35.5. The fourth-order valence-electron chi connectivity index (χ4n) is 2.13. The number of amides is 1. The third-order valence-electron chi connectivity index (χ3n) is 3.48. The van der Waals surface area contributed by atoms with Crippen molar-refractivity contribution < 1.29 is 14.3 Å². The Hall–Kier alpha value is -1.95. The summed E-state index contributed by atoms with van der Waals surface area (Å²) >= 11 is 12.0. The number of halogens is 2. The molecular weight excluding hydrogens is 363 g/mol. The first-order chi connectivity index (χ1) is 12.0. The van der Waals surface area contributed by atoms with Crippen LogP contribution in [0.1, 0.15) is 15.9 Å². The zero-order valence-corrected chi connectivity index (χ0v) is 15.6. The van der Waals surface area contributed by atoms with E-state index in [9.17, 15) is 4.79 Å². The van der Waals surface area contributed by atoms with Crippen LogP contribution in [0.4, 0.5) is 0 Å². The van der Waals surface area contributed by atoms with Crippen LogP contribution in [0.5, 0.6) is 11.5 Å². The van der Waals surface area contributed by atoms with E-state index in [2.05, 4.69) is 10.6 Å². The normalized spacial score (nSPS) is 10.4. The smallest absolute Gasteiger partial charge is 0.251 e. The molecule has 134 valence electrons. The van der Waals surface area contributed by atoms with Gasteiger partial charge in [0.2, 0.25) is 0 Å². The molecule has 0 aliphatic carbocycles. The molecule has 0 heterocycles. The second-order valence-electron chi connectivity index (χ2n) is 5.25. The summed E-state index contributed by atoms with van der Waals surface area (Å²) in [6.45, 7) is 1.51. The number of likely N-dealkylation sites (N-methyl/N-ethyl adjacent to an activating group) is 1. The summed E-state index contributed by atoms with van der Waals surface area (Å²) in [5.74, 6) is 0.840. The number of hydrogen-bond acceptors (Lipinski definition) is 4. The number of hydrogen-bond donors (Lipinski definition) is 2. The van der Waals surface area contributed by atoms with E-state index in [4.69, 9.17) is 32.7 Å². The molecular formula is C18H20Cl2N2O3.